The highest BCUT2D eigenvalue weighted by Gasteiger charge is 2.31. The van der Waals surface area contributed by atoms with Gasteiger partial charge in [0, 0.05) is 5.39 Å². The van der Waals surface area contributed by atoms with E-state index in [0.717, 1.165) is 12.3 Å². The fourth-order valence-electron chi connectivity index (χ4n) is 3.12. The number of hydrogen-bond acceptors (Lipinski definition) is 3. The van der Waals surface area contributed by atoms with Gasteiger partial charge in [-0.15, -0.1) is 0 Å². The first-order chi connectivity index (χ1) is 10.0. The molecule has 0 aliphatic heterocycles. The number of aromatic nitrogens is 1. The number of nitrogens with two attached hydrogens (primary N) is 1. The standard InChI is InChI=1S/C16H18N2O3/c1-2-10(8-3-4-8)9-5-6-11-12(7-9)18-15(19)13(14(11)17)16(20)21/h5-8,10H,2-4H2,1H3,(H,20,21)(H3,17,18,19). The molecule has 1 aliphatic rings. The van der Waals surface area contributed by atoms with E-state index in [1.807, 2.05) is 18.2 Å². The van der Waals surface area contributed by atoms with Crippen molar-refractivity contribution in [2.24, 2.45) is 5.92 Å². The predicted octanol–water partition coefficient (Wildman–Crippen LogP) is 2.71. The van der Waals surface area contributed by atoms with Gasteiger partial charge in [0.25, 0.3) is 5.56 Å². The number of nitrogens with one attached hydrogen (secondary N) is 1. The van der Waals surface area contributed by atoms with Crippen LogP contribution in [0.2, 0.25) is 0 Å². The first-order valence-corrected chi connectivity index (χ1v) is 7.21. The molecule has 0 bridgehead atoms. The van der Waals surface area contributed by atoms with Crippen LogP contribution in [-0.4, -0.2) is 16.1 Å². The maximum absolute atomic E-state index is 11.9. The van der Waals surface area contributed by atoms with Gasteiger partial charge in [0.2, 0.25) is 0 Å². The van der Waals surface area contributed by atoms with Gasteiger partial charge in [-0.3, -0.25) is 4.79 Å². The number of fused-ring (bicyclic) bond motifs is 1. The molecule has 1 aliphatic carbocycles. The molecular formula is C16H18N2O3. The second-order valence-corrected chi connectivity index (χ2v) is 5.71. The minimum Gasteiger partial charge on any atom is -0.477 e. The summed E-state index contributed by atoms with van der Waals surface area (Å²) >= 11 is 0. The van der Waals surface area contributed by atoms with Gasteiger partial charge in [0.15, 0.2) is 0 Å². The zero-order chi connectivity index (χ0) is 15.1. The van der Waals surface area contributed by atoms with E-state index in [9.17, 15) is 9.59 Å². The summed E-state index contributed by atoms with van der Waals surface area (Å²) in [6.07, 6.45) is 3.57. The van der Waals surface area contributed by atoms with Crippen molar-refractivity contribution in [1.29, 1.82) is 0 Å². The zero-order valence-electron chi connectivity index (χ0n) is 11.8. The Morgan fingerprint density at radius 2 is 2.19 bits per heavy atom. The molecule has 1 aromatic heterocycles. The molecule has 1 fully saturated rings. The molecule has 0 saturated heterocycles. The second kappa shape index (κ2) is 4.91. The number of aromatic carboxylic acids is 1. The third-order valence-electron chi connectivity index (χ3n) is 4.35. The summed E-state index contributed by atoms with van der Waals surface area (Å²) in [4.78, 5) is 25.6. The van der Waals surface area contributed by atoms with Gasteiger partial charge in [0.1, 0.15) is 5.56 Å². The third kappa shape index (κ3) is 2.28. The molecule has 1 atom stereocenters. The Morgan fingerprint density at radius 3 is 2.76 bits per heavy atom. The van der Waals surface area contributed by atoms with Crippen LogP contribution in [0.5, 0.6) is 0 Å². The molecule has 1 heterocycles. The van der Waals surface area contributed by atoms with Gasteiger partial charge in [0.05, 0.1) is 11.2 Å². The summed E-state index contributed by atoms with van der Waals surface area (Å²) in [5.41, 5.74) is 6.65. The fraction of sp³-hybridized carbons (Fsp3) is 0.375. The van der Waals surface area contributed by atoms with Crippen molar-refractivity contribution in [1.82, 2.24) is 4.98 Å². The fourth-order valence-corrected chi connectivity index (χ4v) is 3.12. The van der Waals surface area contributed by atoms with Gasteiger partial charge < -0.3 is 15.8 Å². The number of nitrogen functional groups attached to an aromatic ring is 1. The molecule has 21 heavy (non-hydrogen) atoms. The molecule has 0 amide bonds. The van der Waals surface area contributed by atoms with E-state index in [1.54, 1.807) is 0 Å². The topological polar surface area (TPSA) is 96.2 Å². The lowest BCUT2D eigenvalue weighted by atomic mass is 9.91. The maximum atomic E-state index is 11.9. The first kappa shape index (κ1) is 13.7. The molecule has 5 nitrogen and oxygen atoms in total. The zero-order valence-corrected chi connectivity index (χ0v) is 11.8. The van der Waals surface area contributed by atoms with Crippen LogP contribution < -0.4 is 11.3 Å². The van der Waals surface area contributed by atoms with Crippen LogP contribution in [0.25, 0.3) is 10.9 Å². The van der Waals surface area contributed by atoms with Crippen molar-refractivity contribution in [3.63, 3.8) is 0 Å². The summed E-state index contributed by atoms with van der Waals surface area (Å²) < 4.78 is 0. The Kier molecular flexibility index (Phi) is 3.20. The van der Waals surface area contributed by atoms with Crippen molar-refractivity contribution >= 4 is 22.6 Å². The van der Waals surface area contributed by atoms with E-state index >= 15 is 0 Å². The molecule has 0 spiro atoms. The summed E-state index contributed by atoms with van der Waals surface area (Å²) in [6, 6.07) is 5.74. The average Bonchev–Trinajstić information content (AvgIpc) is 3.23. The summed E-state index contributed by atoms with van der Waals surface area (Å²) in [5.74, 6) is -0.0720. The Balaban J connectivity index is 2.17. The quantitative estimate of drug-likeness (QED) is 0.805. The van der Waals surface area contributed by atoms with E-state index in [4.69, 9.17) is 10.8 Å². The number of aromatic amines is 1. The Labute approximate surface area is 121 Å². The number of hydrogen-bond donors (Lipinski definition) is 3. The van der Waals surface area contributed by atoms with E-state index in [0.29, 0.717) is 16.8 Å². The number of carboxylic acid groups (broad SMARTS) is 1. The van der Waals surface area contributed by atoms with Crippen LogP contribution in [0, 0.1) is 5.92 Å². The van der Waals surface area contributed by atoms with Crippen molar-refractivity contribution in [2.75, 3.05) is 5.73 Å². The minimum atomic E-state index is -1.30. The van der Waals surface area contributed by atoms with Gasteiger partial charge >= 0.3 is 5.97 Å². The minimum absolute atomic E-state index is 0.0345. The molecule has 2 aromatic rings. The summed E-state index contributed by atoms with van der Waals surface area (Å²) in [7, 11) is 0. The van der Waals surface area contributed by atoms with Crippen molar-refractivity contribution < 1.29 is 9.90 Å². The largest absolute Gasteiger partial charge is 0.477 e. The number of H-pyrrole nitrogens is 1. The number of benzene rings is 1. The monoisotopic (exact) mass is 286 g/mol. The van der Waals surface area contributed by atoms with Crippen LogP contribution >= 0.6 is 0 Å². The highest BCUT2D eigenvalue weighted by atomic mass is 16.4. The molecule has 1 unspecified atom stereocenters. The number of rotatable bonds is 4. The number of anilines is 1. The molecule has 0 radical (unpaired) electrons. The van der Waals surface area contributed by atoms with Crippen molar-refractivity contribution in [3.8, 4) is 0 Å². The lowest BCUT2D eigenvalue weighted by Crippen LogP contribution is -2.20. The maximum Gasteiger partial charge on any atom is 0.343 e. The molecule has 1 saturated carbocycles. The van der Waals surface area contributed by atoms with Crippen molar-refractivity contribution in [2.45, 2.75) is 32.1 Å². The van der Waals surface area contributed by atoms with E-state index in [-0.39, 0.29) is 11.3 Å². The molecule has 5 heteroatoms. The van der Waals surface area contributed by atoms with Gasteiger partial charge in [-0.05, 0) is 42.7 Å². The molecular weight excluding hydrogens is 268 g/mol. The molecule has 3 rings (SSSR count). The Morgan fingerprint density at radius 1 is 1.48 bits per heavy atom. The van der Waals surface area contributed by atoms with E-state index in [1.165, 1.54) is 18.4 Å². The Bertz CT molecular complexity index is 775. The number of carbonyl (C=O) groups is 1. The van der Waals surface area contributed by atoms with Crippen LogP contribution in [0.4, 0.5) is 5.69 Å². The van der Waals surface area contributed by atoms with Crippen LogP contribution in [0.15, 0.2) is 23.0 Å². The normalized spacial score (nSPS) is 16.0. The number of pyridine rings is 1. The van der Waals surface area contributed by atoms with Crippen LogP contribution in [0.3, 0.4) is 0 Å². The number of carboxylic acids is 1. The lowest BCUT2D eigenvalue weighted by Gasteiger charge is -2.15. The summed E-state index contributed by atoms with van der Waals surface area (Å²) in [6.45, 7) is 2.16. The van der Waals surface area contributed by atoms with Gasteiger partial charge in [-0.2, -0.15) is 0 Å². The van der Waals surface area contributed by atoms with E-state index in [2.05, 4.69) is 11.9 Å². The van der Waals surface area contributed by atoms with Crippen LogP contribution in [0.1, 0.15) is 48.0 Å². The van der Waals surface area contributed by atoms with E-state index < -0.39 is 11.5 Å². The van der Waals surface area contributed by atoms with Crippen molar-refractivity contribution in [3.05, 3.63) is 39.7 Å². The van der Waals surface area contributed by atoms with Gasteiger partial charge in [-0.1, -0.05) is 19.1 Å². The average molecular weight is 286 g/mol. The smallest absolute Gasteiger partial charge is 0.343 e. The van der Waals surface area contributed by atoms with Crippen LogP contribution in [-0.2, 0) is 0 Å². The second-order valence-electron chi connectivity index (χ2n) is 5.71. The third-order valence-corrected chi connectivity index (χ3v) is 4.35. The highest BCUT2D eigenvalue weighted by Crippen LogP contribution is 2.44. The molecule has 1 aromatic carbocycles. The SMILES string of the molecule is CCC(c1ccc2c(N)c(C(=O)O)c(=O)[nH]c2c1)C1CC1. The molecule has 4 N–H and O–H groups in total. The molecule has 110 valence electrons. The predicted molar refractivity (Wildman–Crippen MR) is 81.7 cm³/mol. The Hall–Kier alpha value is -2.30. The summed E-state index contributed by atoms with van der Waals surface area (Å²) in [5, 5.41) is 9.65. The highest BCUT2D eigenvalue weighted by molar-refractivity contribution is 6.03. The first-order valence-electron chi connectivity index (χ1n) is 7.21. The lowest BCUT2D eigenvalue weighted by molar-refractivity contribution is 0.0696. The van der Waals surface area contributed by atoms with Gasteiger partial charge in [-0.25, -0.2) is 4.79 Å².